The Morgan fingerprint density at radius 3 is 2.77 bits per heavy atom. The number of thiazole rings is 2. The summed E-state index contributed by atoms with van der Waals surface area (Å²) in [7, 11) is 0. The first-order chi connectivity index (χ1) is 14.8. The van der Waals surface area contributed by atoms with Gasteiger partial charge >= 0.3 is 0 Å². The normalized spacial score (nSPS) is 11.5. The van der Waals surface area contributed by atoms with E-state index < -0.39 is 0 Å². The van der Waals surface area contributed by atoms with Crippen LogP contribution in [0.25, 0.3) is 20.8 Å². The molecule has 4 heterocycles. The molecule has 10 heteroatoms. The summed E-state index contributed by atoms with van der Waals surface area (Å²) in [6, 6.07) is 10.4. The lowest BCUT2D eigenvalue weighted by Crippen LogP contribution is -2.02. The molecule has 0 spiro atoms. The highest BCUT2D eigenvalue weighted by Gasteiger charge is 2.14. The standard InChI is InChI=1S/C20H17N5S5/c1-2-25-17(12-29-20-22-15-5-3-4-6-16(15)30-20)23-24-19(25)28-11-14-10-27-18(21-14)13-7-8-26-9-13/h3-10H,2,11-12H2,1H3. The van der Waals surface area contributed by atoms with Gasteiger partial charge in [0.1, 0.15) is 10.8 Å². The van der Waals surface area contributed by atoms with Gasteiger partial charge in [-0.2, -0.15) is 11.3 Å². The van der Waals surface area contributed by atoms with E-state index in [1.807, 2.05) is 6.07 Å². The van der Waals surface area contributed by atoms with Gasteiger partial charge in [-0.15, -0.1) is 32.9 Å². The maximum atomic E-state index is 4.76. The number of benzene rings is 1. The van der Waals surface area contributed by atoms with Crippen molar-refractivity contribution in [2.45, 2.75) is 34.5 Å². The quantitative estimate of drug-likeness (QED) is 0.228. The number of hydrogen-bond acceptors (Lipinski definition) is 9. The van der Waals surface area contributed by atoms with Gasteiger partial charge in [0.15, 0.2) is 9.50 Å². The fourth-order valence-corrected chi connectivity index (χ4v) is 7.48. The van der Waals surface area contributed by atoms with Crippen LogP contribution in [0.1, 0.15) is 18.4 Å². The van der Waals surface area contributed by atoms with Crippen molar-refractivity contribution < 1.29 is 0 Å². The maximum absolute atomic E-state index is 4.76. The summed E-state index contributed by atoms with van der Waals surface area (Å²) < 4.78 is 4.48. The molecule has 0 bridgehead atoms. The Balaban J connectivity index is 1.24. The summed E-state index contributed by atoms with van der Waals surface area (Å²) in [5.41, 5.74) is 3.35. The van der Waals surface area contributed by atoms with Crippen LogP contribution in [0.4, 0.5) is 0 Å². The summed E-state index contributed by atoms with van der Waals surface area (Å²) in [5, 5.41) is 17.3. The molecule has 0 unspecified atom stereocenters. The Bertz CT molecular complexity index is 1220. The molecule has 0 saturated heterocycles. The van der Waals surface area contributed by atoms with Crippen LogP contribution >= 0.6 is 57.5 Å². The zero-order valence-electron chi connectivity index (χ0n) is 16.0. The van der Waals surface area contributed by atoms with Gasteiger partial charge in [-0.3, -0.25) is 0 Å². The monoisotopic (exact) mass is 487 g/mol. The topological polar surface area (TPSA) is 56.5 Å². The number of rotatable bonds is 8. The first-order valence-corrected chi connectivity index (χ1v) is 13.9. The van der Waals surface area contributed by atoms with E-state index in [2.05, 4.69) is 62.1 Å². The predicted molar refractivity (Wildman–Crippen MR) is 130 cm³/mol. The summed E-state index contributed by atoms with van der Waals surface area (Å²) in [6.07, 6.45) is 0. The highest BCUT2D eigenvalue weighted by atomic mass is 32.2. The van der Waals surface area contributed by atoms with Crippen LogP contribution < -0.4 is 0 Å². The first-order valence-electron chi connectivity index (χ1n) is 9.30. The molecule has 5 aromatic rings. The Hall–Kier alpha value is -1.72. The average molecular weight is 488 g/mol. The van der Waals surface area contributed by atoms with Crippen molar-refractivity contribution in [3.8, 4) is 10.6 Å². The van der Waals surface area contributed by atoms with Crippen molar-refractivity contribution in [3.63, 3.8) is 0 Å². The van der Waals surface area contributed by atoms with E-state index in [1.165, 1.54) is 10.3 Å². The fraction of sp³-hybridized carbons (Fsp3) is 0.200. The third-order valence-corrected chi connectivity index (χ3v) is 9.18. The van der Waals surface area contributed by atoms with Gasteiger partial charge in [0, 0.05) is 28.6 Å². The van der Waals surface area contributed by atoms with E-state index in [4.69, 9.17) is 9.97 Å². The van der Waals surface area contributed by atoms with Gasteiger partial charge in [0.2, 0.25) is 0 Å². The smallest absolute Gasteiger partial charge is 0.191 e. The number of thiophene rings is 1. The van der Waals surface area contributed by atoms with Crippen LogP contribution in [-0.4, -0.2) is 24.7 Å². The molecule has 0 aliphatic rings. The van der Waals surface area contributed by atoms with Crippen molar-refractivity contribution >= 4 is 67.8 Å². The van der Waals surface area contributed by atoms with Crippen molar-refractivity contribution in [1.29, 1.82) is 0 Å². The van der Waals surface area contributed by atoms with E-state index >= 15 is 0 Å². The van der Waals surface area contributed by atoms with Gasteiger partial charge in [-0.25, -0.2) is 9.97 Å². The summed E-state index contributed by atoms with van der Waals surface area (Å²) in [4.78, 5) is 9.46. The number of thioether (sulfide) groups is 2. The number of para-hydroxylation sites is 1. The molecule has 0 N–H and O–H groups in total. The lowest BCUT2D eigenvalue weighted by atomic mass is 10.3. The molecule has 0 aliphatic heterocycles. The van der Waals surface area contributed by atoms with E-state index in [0.717, 1.165) is 49.6 Å². The molecule has 5 nitrogen and oxygen atoms in total. The second-order valence-corrected chi connectivity index (χ2v) is 11.2. The highest BCUT2D eigenvalue weighted by molar-refractivity contribution is 8.00. The van der Waals surface area contributed by atoms with Gasteiger partial charge in [-0.05, 0) is 30.5 Å². The van der Waals surface area contributed by atoms with Gasteiger partial charge in [0.05, 0.1) is 21.7 Å². The van der Waals surface area contributed by atoms with E-state index in [1.54, 1.807) is 57.5 Å². The van der Waals surface area contributed by atoms with Crippen LogP contribution in [0, 0.1) is 0 Å². The fourth-order valence-electron chi connectivity index (χ4n) is 2.92. The van der Waals surface area contributed by atoms with Crippen LogP contribution in [-0.2, 0) is 18.1 Å². The zero-order chi connectivity index (χ0) is 20.3. The van der Waals surface area contributed by atoms with Crippen molar-refractivity contribution in [1.82, 2.24) is 24.7 Å². The molecule has 0 atom stereocenters. The van der Waals surface area contributed by atoms with Gasteiger partial charge in [0.25, 0.3) is 0 Å². The first kappa shape index (κ1) is 20.2. The van der Waals surface area contributed by atoms with Gasteiger partial charge < -0.3 is 4.57 Å². The van der Waals surface area contributed by atoms with Crippen LogP contribution in [0.2, 0.25) is 0 Å². The van der Waals surface area contributed by atoms with Crippen molar-refractivity contribution in [2.24, 2.45) is 0 Å². The molecule has 1 aromatic carbocycles. The van der Waals surface area contributed by atoms with E-state index in [0.29, 0.717) is 0 Å². The molecule has 0 saturated carbocycles. The maximum Gasteiger partial charge on any atom is 0.191 e. The number of hydrogen-bond donors (Lipinski definition) is 0. The minimum absolute atomic E-state index is 0.764. The van der Waals surface area contributed by atoms with Crippen LogP contribution in [0.5, 0.6) is 0 Å². The largest absolute Gasteiger partial charge is 0.306 e. The highest BCUT2D eigenvalue weighted by Crippen LogP contribution is 2.32. The third-order valence-electron chi connectivity index (χ3n) is 4.38. The number of aromatic nitrogens is 5. The Morgan fingerprint density at radius 2 is 1.93 bits per heavy atom. The summed E-state index contributed by atoms with van der Waals surface area (Å²) in [5.74, 6) is 2.55. The molecule has 4 aromatic heterocycles. The SMILES string of the molecule is CCn1c(CSc2nc3ccccc3s2)nnc1SCc1csc(-c2ccsc2)n1. The molecular formula is C20H17N5S5. The molecule has 5 rings (SSSR count). The second-order valence-electron chi connectivity index (χ2n) is 6.32. The minimum Gasteiger partial charge on any atom is -0.306 e. The molecule has 0 radical (unpaired) electrons. The molecule has 152 valence electrons. The molecule has 30 heavy (non-hydrogen) atoms. The van der Waals surface area contributed by atoms with E-state index in [-0.39, 0.29) is 0 Å². The van der Waals surface area contributed by atoms with Crippen LogP contribution in [0.15, 0.2) is 56.0 Å². The number of fused-ring (bicyclic) bond motifs is 1. The lowest BCUT2D eigenvalue weighted by Gasteiger charge is -2.05. The third kappa shape index (κ3) is 4.33. The summed E-state index contributed by atoms with van der Waals surface area (Å²) in [6.45, 7) is 2.99. The summed E-state index contributed by atoms with van der Waals surface area (Å²) >= 11 is 8.54. The molecule has 0 aliphatic carbocycles. The van der Waals surface area contributed by atoms with Crippen molar-refractivity contribution in [3.05, 3.63) is 58.0 Å². The molecular weight excluding hydrogens is 471 g/mol. The van der Waals surface area contributed by atoms with Crippen LogP contribution in [0.3, 0.4) is 0 Å². The van der Waals surface area contributed by atoms with Gasteiger partial charge in [-0.1, -0.05) is 35.7 Å². The molecule has 0 fully saturated rings. The Labute approximate surface area is 194 Å². The lowest BCUT2D eigenvalue weighted by molar-refractivity contribution is 0.659. The minimum atomic E-state index is 0.764. The Morgan fingerprint density at radius 1 is 1.00 bits per heavy atom. The molecule has 0 amide bonds. The van der Waals surface area contributed by atoms with E-state index in [9.17, 15) is 0 Å². The Kier molecular flexibility index (Phi) is 6.19. The second kappa shape index (κ2) is 9.19. The van der Waals surface area contributed by atoms with Crippen molar-refractivity contribution in [2.75, 3.05) is 0 Å². The average Bonchev–Trinajstić information content (AvgIpc) is 3.56. The number of nitrogens with zero attached hydrogens (tertiary/aromatic N) is 5. The zero-order valence-corrected chi connectivity index (χ0v) is 20.1. The predicted octanol–water partition coefficient (Wildman–Crippen LogP) is 6.68.